The molecular formula is C12H11F3N4O2. The van der Waals surface area contributed by atoms with Crippen LogP contribution in [-0.2, 0) is 17.4 Å². The molecule has 0 saturated carbocycles. The van der Waals surface area contributed by atoms with Gasteiger partial charge in [-0.05, 0) is 19.9 Å². The van der Waals surface area contributed by atoms with E-state index in [1.54, 1.807) is 13.8 Å². The van der Waals surface area contributed by atoms with Gasteiger partial charge in [-0.1, -0.05) is 0 Å². The Kier molecular flexibility index (Phi) is 3.67. The number of rotatable bonds is 3. The third-order valence-electron chi connectivity index (χ3n) is 2.89. The maximum absolute atomic E-state index is 12.6. The van der Waals surface area contributed by atoms with Crippen molar-refractivity contribution in [3.8, 4) is 5.95 Å². The smallest absolute Gasteiger partial charge is 0.433 e. The lowest BCUT2D eigenvalue weighted by atomic mass is 10.1. The molecule has 9 heteroatoms. The van der Waals surface area contributed by atoms with Gasteiger partial charge in [-0.2, -0.15) is 18.3 Å². The molecule has 0 radical (unpaired) electrons. The summed E-state index contributed by atoms with van der Waals surface area (Å²) in [5.74, 6) is -1.30. The second-order valence-corrected chi connectivity index (χ2v) is 4.37. The molecular weight excluding hydrogens is 289 g/mol. The summed E-state index contributed by atoms with van der Waals surface area (Å²) in [5.41, 5.74) is 0.161. The first kappa shape index (κ1) is 14.9. The molecule has 0 bridgehead atoms. The lowest BCUT2D eigenvalue weighted by Crippen LogP contribution is -2.13. The first-order valence-electron chi connectivity index (χ1n) is 5.87. The van der Waals surface area contributed by atoms with Gasteiger partial charge in [0.15, 0.2) is 0 Å². The number of carbonyl (C=O) groups is 1. The standard InChI is InChI=1S/C12H11F3N4O2/c1-6-8(5-10(20)21)7(2)19(18-6)11-16-4-3-9(17-11)12(13,14)15/h3-4H,5H2,1-2H3,(H,20,21). The van der Waals surface area contributed by atoms with Crippen LogP contribution in [0.5, 0.6) is 0 Å². The van der Waals surface area contributed by atoms with Gasteiger partial charge in [0.05, 0.1) is 12.1 Å². The monoisotopic (exact) mass is 300 g/mol. The van der Waals surface area contributed by atoms with E-state index in [-0.39, 0.29) is 12.4 Å². The van der Waals surface area contributed by atoms with Crippen LogP contribution >= 0.6 is 0 Å². The van der Waals surface area contributed by atoms with Crippen molar-refractivity contribution in [1.29, 1.82) is 0 Å². The van der Waals surface area contributed by atoms with Crippen molar-refractivity contribution in [2.24, 2.45) is 0 Å². The minimum atomic E-state index is -4.59. The lowest BCUT2D eigenvalue weighted by molar-refractivity contribution is -0.141. The molecule has 1 N–H and O–H groups in total. The van der Waals surface area contributed by atoms with E-state index in [1.807, 2.05) is 0 Å². The van der Waals surface area contributed by atoms with Gasteiger partial charge in [0.2, 0.25) is 0 Å². The highest BCUT2D eigenvalue weighted by Crippen LogP contribution is 2.27. The van der Waals surface area contributed by atoms with Crippen molar-refractivity contribution in [2.45, 2.75) is 26.4 Å². The van der Waals surface area contributed by atoms with E-state index in [1.165, 1.54) is 0 Å². The summed E-state index contributed by atoms with van der Waals surface area (Å²) < 4.78 is 39.0. The minimum Gasteiger partial charge on any atom is -0.481 e. The van der Waals surface area contributed by atoms with Crippen LogP contribution in [0.1, 0.15) is 22.6 Å². The number of hydrogen-bond donors (Lipinski definition) is 1. The number of halogens is 3. The third kappa shape index (κ3) is 3.01. The molecule has 112 valence electrons. The summed E-state index contributed by atoms with van der Waals surface area (Å²) in [6.45, 7) is 3.14. The Balaban J connectivity index is 2.51. The number of carboxylic acid groups (broad SMARTS) is 1. The van der Waals surface area contributed by atoms with E-state index in [2.05, 4.69) is 15.1 Å². The normalized spacial score (nSPS) is 11.7. The number of nitrogens with zero attached hydrogens (tertiary/aromatic N) is 4. The highest BCUT2D eigenvalue weighted by Gasteiger charge is 2.33. The second kappa shape index (κ2) is 5.15. The molecule has 0 saturated heterocycles. The van der Waals surface area contributed by atoms with Crippen LogP contribution in [0.4, 0.5) is 13.2 Å². The lowest BCUT2D eigenvalue weighted by Gasteiger charge is -2.07. The van der Waals surface area contributed by atoms with Gasteiger partial charge in [-0.25, -0.2) is 14.6 Å². The Labute approximate surface area is 117 Å². The van der Waals surface area contributed by atoms with Crippen LogP contribution in [0.3, 0.4) is 0 Å². The zero-order chi connectivity index (χ0) is 15.8. The zero-order valence-corrected chi connectivity index (χ0v) is 11.1. The maximum Gasteiger partial charge on any atom is 0.433 e. The van der Waals surface area contributed by atoms with Gasteiger partial charge in [-0.15, -0.1) is 0 Å². The largest absolute Gasteiger partial charge is 0.481 e. The SMILES string of the molecule is Cc1nn(-c2nccc(C(F)(F)F)n2)c(C)c1CC(=O)O. The third-order valence-corrected chi connectivity index (χ3v) is 2.89. The molecule has 0 unspecified atom stereocenters. The summed E-state index contributed by atoms with van der Waals surface area (Å²) in [4.78, 5) is 18.0. The molecule has 0 amide bonds. The quantitative estimate of drug-likeness (QED) is 0.936. The number of alkyl halides is 3. The molecule has 0 fully saturated rings. The molecule has 2 aromatic rings. The Bertz CT molecular complexity index is 694. The van der Waals surface area contributed by atoms with E-state index < -0.39 is 17.8 Å². The van der Waals surface area contributed by atoms with Gasteiger partial charge in [0.1, 0.15) is 5.69 Å². The van der Waals surface area contributed by atoms with E-state index in [0.29, 0.717) is 17.0 Å². The fourth-order valence-electron chi connectivity index (χ4n) is 1.89. The summed E-state index contributed by atoms with van der Waals surface area (Å²) in [6.07, 6.45) is -3.87. The Morgan fingerprint density at radius 3 is 2.62 bits per heavy atom. The van der Waals surface area contributed by atoms with Crippen molar-refractivity contribution in [2.75, 3.05) is 0 Å². The fraction of sp³-hybridized carbons (Fsp3) is 0.333. The topological polar surface area (TPSA) is 80.9 Å². The molecule has 0 spiro atoms. The number of aromatic nitrogens is 4. The van der Waals surface area contributed by atoms with Gasteiger partial charge in [-0.3, -0.25) is 4.79 Å². The Morgan fingerprint density at radius 1 is 1.38 bits per heavy atom. The average molecular weight is 300 g/mol. The highest BCUT2D eigenvalue weighted by molar-refractivity contribution is 5.71. The molecule has 0 aromatic carbocycles. The van der Waals surface area contributed by atoms with Crippen molar-refractivity contribution in [3.63, 3.8) is 0 Å². The number of aliphatic carboxylic acids is 1. The van der Waals surface area contributed by atoms with E-state index in [9.17, 15) is 18.0 Å². The van der Waals surface area contributed by atoms with Gasteiger partial charge in [0.25, 0.3) is 5.95 Å². The van der Waals surface area contributed by atoms with Crippen LogP contribution < -0.4 is 0 Å². The summed E-state index contributed by atoms with van der Waals surface area (Å²) >= 11 is 0. The molecule has 0 atom stereocenters. The summed E-state index contributed by atoms with van der Waals surface area (Å²) in [7, 11) is 0. The first-order chi connectivity index (χ1) is 9.70. The minimum absolute atomic E-state index is 0.248. The molecule has 2 heterocycles. The average Bonchev–Trinajstić information content (AvgIpc) is 2.65. The molecule has 0 aliphatic heterocycles. The number of aryl methyl sites for hydroxylation is 1. The Morgan fingerprint density at radius 2 is 2.05 bits per heavy atom. The molecule has 0 aliphatic rings. The van der Waals surface area contributed by atoms with Crippen LogP contribution in [-0.4, -0.2) is 30.8 Å². The second-order valence-electron chi connectivity index (χ2n) is 4.37. The highest BCUT2D eigenvalue weighted by atomic mass is 19.4. The molecule has 21 heavy (non-hydrogen) atoms. The molecule has 0 aliphatic carbocycles. The molecule has 2 aromatic heterocycles. The van der Waals surface area contributed by atoms with Crippen LogP contribution in [0, 0.1) is 13.8 Å². The van der Waals surface area contributed by atoms with E-state index >= 15 is 0 Å². The van der Waals surface area contributed by atoms with E-state index in [4.69, 9.17) is 5.11 Å². The predicted molar refractivity (Wildman–Crippen MR) is 65.0 cm³/mol. The van der Waals surface area contributed by atoms with Gasteiger partial charge >= 0.3 is 12.1 Å². The number of hydrogen-bond acceptors (Lipinski definition) is 4. The van der Waals surface area contributed by atoms with Crippen molar-refractivity contribution in [1.82, 2.24) is 19.7 Å². The van der Waals surface area contributed by atoms with Crippen molar-refractivity contribution in [3.05, 3.63) is 34.9 Å². The summed E-state index contributed by atoms with van der Waals surface area (Å²) in [5, 5.41) is 12.8. The zero-order valence-electron chi connectivity index (χ0n) is 11.1. The van der Waals surface area contributed by atoms with Crippen molar-refractivity contribution < 1.29 is 23.1 Å². The predicted octanol–water partition coefficient (Wildman–Crippen LogP) is 1.93. The van der Waals surface area contributed by atoms with Crippen LogP contribution in [0.25, 0.3) is 5.95 Å². The van der Waals surface area contributed by atoms with Crippen molar-refractivity contribution >= 4 is 5.97 Å². The van der Waals surface area contributed by atoms with E-state index in [0.717, 1.165) is 16.9 Å². The Hall–Kier alpha value is -2.45. The van der Waals surface area contributed by atoms with Crippen LogP contribution in [0.15, 0.2) is 12.3 Å². The van der Waals surface area contributed by atoms with Gasteiger partial charge < -0.3 is 5.11 Å². The van der Waals surface area contributed by atoms with Gasteiger partial charge in [0, 0.05) is 17.5 Å². The van der Waals surface area contributed by atoms with Crippen LogP contribution in [0.2, 0.25) is 0 Å². The fourth-order valence-corrected chi connectivity index (χ4v) is 1.89. The maximum atomic E-state index is 12.6. The number of carboxylic acids is 1. The molecule has 6 nitrogen and oxygen atoms in total. The first-order valence-corrected chi connectivity index (χ1v) is 5.87. The summed E-state index contributed by atoms with van der Waals surface area (Å²) in [6, 6.07) is 0.757. The molecule has 2 rings (SSSR count).